The number of carbonyl (C=O) groups is 2. The van der Waals surface area contributed by atoms with Crippen LogP contribution in [-0.2, 0) is 12.8 Å². The Labute approximate surface area is 170 Å². The Morgan fingerprint density at radius 2 is 2.00 bits per heavy atom. The van der Waals surface area contributed by atoms with Crippen molar-refractivity contribution < 1.29 is 9.59 Å². The van der Waals surface area contributed by atoms with Gasteiger partial charge >= 0.3 is 0 Å². The van der Waals surface area contributed by atoms with Crippen molar-refractivity contribution in [2.75, 3.05) is 31.5 Å². The van der Waals surface area contributed by atoms with Gasteiger partial charge in [0.2, 0.25) is 0 Å². The Hall–Kier alpha value is -2.18. The highest BCUT2D eigenvalue weighted by atomic mass is 32.1. The molecule has 6 heteroatoms. The molecule has 1 aromatic carbocycles. The van der Waals surface area contributed by atoms with Crippen molar-refractivity contribution in [3.05, 3.63) is 51.9 Å². The smallest absolute Gasteiger partial charge is 0.257 e. The summed E-state index contributed by atoms with van der Waals surface area (Å²) in [5, 5.41) is 5.49. The second kappa shape index (κ2) is 8.05. The maximum absolute atomic E-state index is 13.1. The molecule has 1 aliphatic carbocycles. The van der Waals surface area contributed by atoms with Gasteiger partial charge in [0, 0.05) is 31.2 Å². The second-order valence-electron chi connectivity index (χ2n) is 7.70. The number of carbonyl (C=O) groups excluding carboxylic acids is 2. The van der Waals surface area contributed by atoms with Gasteiger partial charge in [0.05, 0.1) is 5.56 Å². The number of nitrogens with one attached hydrogen (secondary N) is 1. The topological polar surface area (TPSA) is 52.6 Å². The minimum Gasteiger partial charge on any atom is -0.333 e. The second-order valence-corrected chi connectivity index (χ2v) is 8.61. The van der Waals surface area contributed by atoms with Crippen molar-refractivity contribution in [2.24, 2.45) is 0 Å². The van der Waals surface area contributed by atoms with Gasteiger partial charge in [-0.1, -0.05) is 13.0 Å². The molecule has 2 aliphatic rings. The number of fused-ring (bicyclic) bond motifs is 1. The average molecular weight is 398 g/mol. The number of benzene rings is 1. The molecule has 28 heavy (non-hydrogen) atoms. The largest absolute Gasteiger partial charge is 0.333 e. The first-order chi connectivity index (χ1) is 13.6. The molecule has 2 aromatic rings. The summed E-state index contributed by atoms with van der Waals surface area (Å²) < 4.78 is 0. The van der Waals surface area contributed by atoms with Crippen LogP contribution in [0.4, 0.5) is 5.00 Å². The highest BCUT2D eigenvalue weighted by molar-refractivity contribution is 7.14. The molecule has 0 bridgehead atoms. The van der Waals surface area contributed by atoms with Gasteiger partial charge in [0.15, 0.2) is 0 Å². The highest BCUT2D eigenvalue weighted by Crippen LogP contribution is 2.28. The van der Waals surface area contributed by atoms with Crippen molar-refractivity contribution in [1.82, 2.24) is 9.80 Å². The Morgan fingerprint density at radius 3 is 2.79 bits per heavy atom. The molecular formula is C22H27N3O2S. The molecule has 1 unspecified atom stereocenters. The first-order valence-corrected chi connectivity index (χ1v) is 11.0. The average Bonchev–Trinajstić information content (AvgIpc) is 3.35. The lowest BCUT2D eigenvalue weighted by Crippen LogP contribution is -2.53. The van der Waals surface area contributed by atoms with Crippen LogP contribution >= 0.6 is 11.3 Å². The monoisotopic (exact) mass is 397 g/mol. The Morgan fingerprint density at radius 1 is 1.18 bits per heavy atom. The molecule has 1 aromatic heterocycles. The van der Waals surface area contributed by atoms with E-state index < -0.39 is 0 Å². The Kier molecular flexibility index (Phi) is 5.51. The summed E-state index contributed by atoms with van der Waals surface area (Å²) in [5.41, 5.74) is 3.88. The molecule has 2 amide bonds. The first-order valence-electron chi connectivity index (χ1n) is 10.1. The van der Waals surface area contributed by atoms with E-state index in [0.717, 1.165) is 45.4 Å². The van der Waals surface area contributed by atoms with Gasteiger partial charge in [-0.15, -0.1) is 11.3 Å². The number of likely N-dealkylation sites (N-methyl/N-ethyl adjacent to an activating group) is 1. The van der Waals surface area contributed by atoms with E-state index in [0.29, 0.717) is 16.1 Å². The first kappa shape index (κ1) is 19.2. The normalized spacial score (nSPS) is 19.5. The third-order valence-electron chi connectivity index (χ3n) is 5.90. The third kappa shape index (κ3) is 3.71. The zero-order valence-corrected chi connectivity index (χ0v) is 17.3. The van der Waals surface area contributed by atoms with Crippen LogP contribution in [0.15, 0.2) is 29.6 Å². The van der Waals surface area contributed by atoms with Crippen LogP contribution in [0.3, 0.4) is 0 Å². The van der Waals surface area contributed by atoms with Gasteiger partial charge < -0.3 is 10.2 Å². The lowest BCUT2D eigenvalue weighted by atomic mass is 10.1. The summed E-state index contributed by atoms with van der Waals surface area (Å²) >= 11 is 1.41. The van der Waals surface area contributed by atoms with Gasteiger partial charge in [0.25, 0.3) is 11.8 Å². The summed E-state index contributed by atoms with van der Waals surface area (Å²) in [6, 6.07) is 7.94. The van der Waals surface area contributed by atoms with Crippen LogP contribution in [0, 0.1) is 0 Å². The fourth-order valence-corrected chi connectivity index (χ4v) is 5.01. The van der Waals surface area contributed by atoms with Gasteiger partial charge in [-0.2, -0.15) is 0 Å². The summed E-state index contributed by atoms with van der Waals surface area (Å²) in [5.74, 6) is -0.135. The number of rotatable bonds is 4. The van der Waals surface area contributed by atoms with E-state index in [-0.39, 0.29) is 17.9 Å². The maximum Gasteiger partial charge on any atom is 0.257 e. The molecule has 0 spiro atoms. The molecule has 0 saturated carbocycles. The molecule has 5 nitrogen and oxygen atoms in total. The number of hydrogen-bond donors (Lipinski definition) is 1. The minimum absolute atomic E-state index is 0.00811. The highest BCUT2D eigenvalue weighted by Gasteiger charge is 2.29. The van der Waals surface area contributed by atoms with Crippen molar-refractivity contribution in [3.8, 4) is 0 Å². The van der Waals surface area contributed by atoms with Crippen molar-refractivity contribution >= 4 is 28.2 Å². The molecule has 1 N–H and O–H groups in total. The van der Waals surface area contributed by atoms with Crippen LogP contribution < -0.4 is 5.32 Å². The quantitative estimate of drug-likeness (QED) is 0.857. The molecule has 4 rings (SSSR count). The predicted molar refractivity (Wildman–Crippen MR) is 113 cm³/mol. The number of anilines is 1. The number of aryl methyl sites for hydroxylation is 2. The van der Waals surface area contributed by atoms with Gasteiger partial charge in [-0.3, -0.25) is 14.5 Å². The maximum atomic E-state index is 13.1. The van der Waals surface area contributed by atoms with Crippen molar-refractivity contribution in [3.63, 3.8) is 0 Å². The molecule has 1 atom stereocenters. The lowest BCUT2D eigenvalue weighted by Gasteiger charge is -2.39. The van der Waals surface area contributed by atoms with E-state index in [1.807, 2.05) is 28.5 Å². The van der Waals surface area contributed by atoms with Gasteiger partial charge in [-0.25, -0.2) is 0 Å². The van der Waals surface area contributed by atoms with Crippen LogP contribution in [0.2, 0.25) is 0 Å². The number of piperazine rings is 1. The van der Waals surface area contributed by atoms with Gasteiger partial charge in [-0.05, 0) is 67.4 Å². The molecule has 1 aliphatic heterocycles. The summed E-state index contributed by atoms with van der Waals surface area (Å²) in [6.07, 6.45) is 3.30. The Bertz CT molecular complexity index is 892. The van der Waals surface area contributed by atoms with E-state index in [4.69, 9.17) is 0 Å². The zero-order valence-electron chi connectivity index (χ0n) is 16.5. The number of thiophene rings is 1. The standard InChI is InChI=1S/C22H27N3O2S/c1-3-24-10-11-25(15(2)14-24)22(27)19-9-12-28-21(19)23-20(26)18-8-7-16-5-4-6-17(16)13-18/h7-9,12-13,15H,3-6,10-11,14H2,1-2H3,(H,23,26). The fourth-order valence-electron chi connectivity index (χ4n) is 4.24. The van der Waals surface area contributed by atoms with E-state index in [9.17, 15) is 9.59 Å². The van der Waals surface area contributed by atoms with E-state index in [1.165, 1.54) is 22.5 Å². The lowest BCUT2D eigenvalue weighted by molar-refractivity contribution is 0.0501. The minimum atomic E-state index is -0.143. The number of nitrogens with zero attached hydrogens (tertiary/aromatic N) is 2. The van der Waals surface area contributed by atoms with Crippen LogP contribution in [0.1, 0.15) is 52.1 Å². The third-order valence-corrected chi connectivity index (χ3v) is 6.73. The van der Waals surface area contributed by atoms with Crippen molar-refractivity contribution in [1.29, 1.82) is 0 Å². The van der Waals surface area contributed by atoms with Crippen LogP contribution in [0.5, 0.6) is 0 Å². The Balaban J connectivity index is 1.48. The SMILES string of the molecule is CCN1CCN(C(=O)c2ccsc2NC(=O)c2ccc3c(c2)CCC3)C(C)C1. The summed E-state index contributed by atoms with van der Waals surface area (Å²) in [4.78, 5) is 30.2. The van der Waals surface area contributed by atoms with E-state index in [1.54, 1.807) is 0 Å². The molecule has 1 fully saturated rings. The molecule has 0 radical (unpaired) electrons. The van der Waals surface area contributed by atoms with E-state index in [2.05, 4.69) is 30.1 Å². The molecule has 2 heterocycles. The number of amides is 2. The van der Waals surface area contributed by atoms with Gasteiger partial charge in [0.1, 0.15) is 5.00 Å². The number of hydrogen-bond acceptors (Lipinski definition) is 4. The summed E-state index contributed by atoms with van der Waals surface area (Å²) in [6.45, 7) is 7.76. The zero-order chi connectivity index (χ0) is 19.7. The van der Waals surface area contributed by atoms with Crippen molar-refractivity contribution in [2.45, 2.75) is 39.2 Å². The summed E-state index contributed by atoms with van der Waals surface area (Å²) in [7, 11) is 0. The van der Waals surface area contributed by atoms with E-state index >= 15 is 0 Å². The molecule has 1 saturated heterocycles. The van der Waals surface area contributed by atoms with Crippen LogP contribution in [0.25, 0.3) is 0 Å². The fraction of sp³-hybridized carbons (Fsp3) is 0.455. The molecular weight excluding hydrogens is 370 g/mol. The predicted octanol–water partition coefficient (Wildman–Crippen LogP) is 3.66. The van der Waals surface area contributed by atoms with Crippen LogP contribution in [-0.4, -0.2) is 53.8 Å². The molecule has 148 valence electrons.